The second-order valence-corrected chi connectivity index (χ2v) is 4.20. The second kappa shape index (κ2) is 4.39. The summed E-state index contributed by atoms with van der Waals surface area (Å²) in [5.41, 5.74) is 0. The Labute approximate surface area is 70.3 Å². The molecule has 0 radical (unpaired) electrons. The van der Waals surface area contributed by atoms with Gasteiger partial charge in [0.05, 0.1) is 5.75 Å². The van der Waals surface area contributed by atoms with Crippen LogP contribution in [0, 0.1) is 0 Å². The molecule has 7 heteroatoms. The highest BCUT2D eigenvalue weighted by Gasteiger charge is 2.15. The molecule has 0 heterocycles. The fourth-order valence-corrected chi connectivity index (χ4v) is 1.01. The predicted octanol–water partition coefficient (Wildman–Crippen LogP) is -1.63. The molecule has 0 aliphatic carbocycles. The van der Waals surface area contributed by atoms with Crippen LogP contribution in [0.1, 0.15) is 6.92 Å². The van der Waals surface area contributed by atoms with E-state index < -0.39 is 28.6 Å². The standard InChI is InChI=1S/C5H11NO5S/c1-2-12(10,11)6-3-4(7)5(8)9/h4,6-7H,2-3H2,1H3,(H,8,9). The van der Waals surface area contributed by atoms with Crippen molar-refractivity contribution in [3.63, 3.8) is 0 Å². The first-order valence-corrected chi connectivity index (χ1v) is 4.92. The molecular formula is C5H11NO5S. The van der Waals surface area contributed by atoms with Crippen molar-refractivity contribution in [1.82, 2.24) is 4.72 Å². The zero-order valence-corrected chi connectivity index (χ0v) is 7.34. The number of hydrogen-bond acceptors (Lipinski definition) is 4. The van der Waals surface area contributed by atoms with Crippen molar-refractivity contribution < 1.29 is 23.4 Å². The SMILES string of the molecule is CCS(=O)(=O)NCC(O)C(=O)O. The van der Waals surface area contributed by atoms with Gasteiger partial charge in [-0.05, 0) is 6.92 Å². The van der Waals surface area contributed by atoms with E-state index in [0.717, 1.165) is 0 Å². The van der Waals surface area contributed by atoms with Crippen LogP contribution in [0.15, 0.2) is 0 Å². The summed E-state index contributed by atoms with van der Waals surface area (Å²) in [6.45, 7) is 0.918. The highest BCUT2D eigenvalue weighted by Crippen LogP contribution is 1.85. The van der Waals surface area contributed by atoms with E-state index in [9.17, 15) is 13.2 Å². The Morgan fingerprint density at radius 2 is 2.08 bits per heavy atom. The van der Waals surface area contributed by atoms with Gasteiger partial charge in [0.2, 0.25) is 10.0 Å². The van der Waals surface area contributed by atoms with E-state index in [1.807, 2.05) is 4.72 Å². The number of carbonyl (C=O) groups is 1. The van der Waals surface area contributed by atoms with E-state index in [1.54, 1.807) is 0 Å². The summed E-state index contributed by atoms with van der Waals surface area (Å²) < 4.78 is 23.4. The summed E-state index contributed by atoms with van der Waals surface area (Å²) in [5, 5.41) is 16.8. The number of hydrogen-bond donors (Lipinski definition) is 3. The van der Waals surface area contributed by atoms with E-state index in [1.165, 1.54) is 6.92 Å². The lowest BCUT2D eigenvalue weighted by Crippen LogP contribution is -2.37. The molecule has 0 aliphatic heterocycles. The number of aliphatic carboxylic acids is 1. The molecule has 0 aliphatic rings. The molecule has 0 bridgehead atoms. The van der Waals surface area contributed by atoms with Gasteiger partial charge in [-0.3, -0.25) is 0 Å². The fraction of sp³-hybridized carbons (Fsp3) is 0.800. The molecule has 0 saturated carbocycles. The van der Waals surface area contributed by atoms with Gasteiger partial charge in [-0.2, -0.15) is 0 Å². The van der Waals surface area contributed by atoms with Gasteiger partial charge in [0.15, 0.2) is 6.10 Å². The van der Waals surface area contributed by atoms with E-state index in [-0.39, 0.29) is 5.75 Å². The number of aliphatic hydroxyl groups excluding tert-OH is 1. The molecule has 0 aromatic rings. The summed E-state index contributed by atoms with van der Waals surface area (Å²) >= 11 is 0. The van der Waals surface area contributed by atoms with Gasteiger partial charge in [-0.1, -0.05) is 0 Å². The number of aliphatic hydroxyl groups is 1. The molecule has 12 heavy (non-hydrogen) atoms. The van der Waals surface area contributed by atoms with Gasteiger partial charge < -0.3 is 10.2 Å². The van der Waals surface area contributed by atoms with Crippen molar-refractivity contribution in [2.45, 2.75) is 13.0 Å². The average Bonchev–Trinajstić information content (AvgIpc) is 2.00. The topological polar surface area (TPSA) is 104 Å². The van der Waals surface area contributed by atoms with Gasteiger partial charge in [-0.15, -0.1) is 0 Å². The van der Waals surface area contributed by atoms with Gasteiger partial charge in [-0.25, -0.2) is 17.9 Å². The van der Waals surface area contributed by atoms with Crippen molar-refractivity contribution in [3.8, 4) is 0 Å². The van der Waals surface area contributed by atoms with Gasteiger partial charge in [0.1, 0.15) is 0 Å². The molecule has 6 nitrogen and oxygen atoms in total. The Hall–Kier alpha value is -0.660. The molecule has 3 N–H and O–H groups in total. The van der Waals surface area contributed by atoms with Crippen molar-refractivity contribution in [2.24, 2.45) is 0 Å². The average molecular weight is 197 g/mol. The largest absolute Gasteiger partial charge is 0.479 e. The van der Waals surface area contributed by atoms with E-state index >= 15 is 0 Å². The number of nitrogens with one attached hydrogen (secondary N) is 1. The predicted molar refractivity (Wildman–Crippen MR) is 41.1 cm³/mol. The molecule has 0 aromatic carbocycles. The maximum Gasteiger partial charge on any atom is 0.333 e. The first kappa shape index (κ1) is 11.3. The Bertz CT molecular complexity index is 247. The maximum atomic E-state index is 10.7. The second-order valence-electron chi connectivity index (χ2n) is 2.11. The van der Waals surface area contributed by atoms with E-state index in [0.29, 0.717) is 0 Å². The van der Waals surface area contributed by atoms with E-state index in [4.69, 9.17) is 10.2 Å². The van der Waals surface area contributed by atoms with Crippen LogP contribution in [-0.2, 0) is 14.8 Å². The van der Waals surface area contributed by atoms with Crippen LogP contribution in [0.5, 0.6) is 0 Å². The lowest BCUT2D eigenvalue weighted by molar-refractivity contribution is -0.146. The van der Waals surface area contributed by atoms with Crippen molar-refractivity contribution in [1.29, 1.82) is 0 Å². The minimum atomic E-state index is -3.42. The molecule has 0 aromatic heterocycles. The minimum absolute atomic E-state index is 0.140. The maximum absolute atomic E-state index is 10.7. The lowest BCUT2D eigenvalue weighted by Gasteiger charge is -2.06. The molecule has 0 fully saturated rings. The van der Waals surface area contributed by atoms with Crippen LogP contribution in [0.4, 0.5) is 0 Å². The molecule has 0 spiro atoms. The molecular weight excluding hydrogens is 186 g/mol. The summed E-state index contributed by atoms with van der Waals surface area (Å²) in [6.07, 6.45) is -1.69. The first-order valence-electron chi connectivity index (χ1n) is 3.27. The van der Waals surface area contributed by atoms with Gasteiger partial charge in [0, 0.05) is 6.54 Å². The molecule has 0 amide bonds. The Morgan fingerprint density at radius 1 is 1.58 bits per heavy atom. The van der Waals surface area contributed by atoms with Crippen LogP contribution in [-0.4, -0.2) is 43.0 Å². The quantitative estimate of drug-likeness (QED) is 0.491. The third kappa shape index (κ3) is 4.27. The third-order valence-corrected chi connectivity index (χ3v) is 2.53. The molecule has 0 saturated heterocycles. The summed E-state index contributed by atoms with van der Waals surface area (Å²) in [7, 11) is -3.42. The van der Waals surface area contributed by atoms with Crippen molar-refractivity contribution >= 4 is 16.0 Å². The van der Waals surface area contributed by atoms with Crippen LogP contribution in [0.3, 0.4) is 0 Å². The summed E-state index contributed by atoms with van der Waals surface area (Å²) in [5.74, 6) is -1.59. The molecule has 1 unspecified atom stereocenters. The lowest BCUT2D eigenvalue weighted by atomic mass is 10.4. The van der Waals surface area contributed by atoms with Crippen LogP contribution >= 0.6 is 0 Å². The highest BCUT2D eigenvalue weighted by molar-refractivity contribution is 7.89. The number of carboxylic acid groups (broad SMARTS) is 1. The van der Waals surface area contributed by atoms with Gasteiger partial charge in [0.25, 0.3) is 0 Å². The number of sulfonamides is 1. The minimum Gasteiger partial charge on any atom is -0.479 e. The zero-order valence-electron chi connectivity index (χ0n) is 6.52. The smallest absolute Gasteiger partial charge is 0.333 e. The van der Waals surface area contributed by atoms with E-state index in [2.05, 4.69) is 0 Å². The van der Waals surface area contributed by atoms with Crippen LogP contribution in [0.2, 0.25) is 0 Å². The Balaban J connectivity index is 3.92. The fourth-order valence-electron chi connectivity index (χ4n) is 0.395. The van der Waals surface area contributed by atoms with Gasteiger partial charge >= 0.3 is 5.97 Å². The third-order valence-electron chi connectivity index (χ3n) is 1.16. The zero-order chi connectivity index (χ0) is 9.78. The monoisotopic (exact) mass is 197 g/mol. The first-order chi connectivity index (χ1) is 5.39. The van der Waals surface area contributed by atoms with Crippen molar-refractivity contribution in [3.05, 3.63) is 0 Å². The number of carboxylic acids is 1. The molecule has 72 valence electrons. The van der Waals surface area contributed by atoms with Crippen LogP contribution < -0.4 is 4.72 Å². The Morgan fingerprint density at radius 3 is 2.42 bits per heavy atom. The normalized spacial score (nSPS) is 14.2. The van der Waals surface area contributed by atoms with Crippen molar-refractivity contribution in [2.75, 3.05) is 12.3 Å². The Kier molecular flexibility index (Phi) is 4.15. The van der Waals surface area contributed by atoms with Crippen LogP contribution in [0.25, 0.3) is 0 Å². The molecule has 1 atom stereocenters. The highest BCUT2D eigenvalue weighted by atomic mass is 32.2. The molecule has 0 rings (SSSR count). The number of rotatable bonds is 5. The summed E-state index contributed by atoms with van der Waals surface area (Å²) in [6, 6.07) is 0. The summed E-state index contributed by atoms with van der Waals surface area (Å²) in [4.78, 5) is 10.0.